The summed E-state index contributed by atoms with van der Waals surface area (Å²) < 4.78 is 5.90. The number of nitrogens with zero attached hydrogens (tertiary/aromatic N) is 2. The number of hydrogen-bond donors (Lipinski definition) is 0. The molecule has 118 valence electrons. The number of hydrogen-bond acceptors (Lipinski definition) is 3. The first-order valence-electron chi connectivity index (χ1n) is 7.76. The number of furan rings is 1. The monoisotopic (exact) mass is 334 g/mol. The standard InChI is InChI=1S/C20H15ClN2O/c1-13-7-9-15(10-8-13)18-12-17-20(24-18)23-16(19(21)22-17)11-14-5-3-2-4-6-14/h2-10,12H,11H2,1H3. The lowest BCUT2D eigenvalue weighted by atomic mass is 10.1. The van der Waals surface area contributed by atoms with Crippen LogP contribution in [0.3, 0.4) is 0 Å². The van der Waals surface area contributed by atoms with E-state index in [1.807, 2.05) is 48.5 Å². The maximum absolute atomic E-state index is 6.31. The highest BCUT2D eigenvalue weighted by Crippen LogP contribution is 2.28. The van der Waals surface area contributed by atoms with Crippen LogP contribution in [-0.4, -0.2) is 9.97 Å². The number of benzene rings is 2. The van der Waals surface area contributed by atoms with E-state index in [2.05, 4.69) is 29.0 Å². The number of fused-ring (bicyclic) bond motifs is 1. The zero-order valence-corrected chi connectivity index (χ0v) is 13.9. The van der Waals surface area contributed by atoms with Gasteiger partial charge < -0.3 is 4.42 Å². The van der Waals surface area contributed by atoms with E-state index in [0.717, 1.165) is 22.6 Å². The molecule has 0 saturated carbocycles. The van der Waals surface area contributed by atoms with Crippen LogP contribution in [-0.2, 0) is 6.42 Å². The average molecular weight is 335 g/mol. The fourth-order valence-electron chi connectivity index (χ4n) is 2.63. The first kappa shape index (κ1) is 14.9. The van der Waals surface area contributed by atoms with Gasteiger partial charge in [-0.1, -0.05) is 71.8 Å². The minimum atomic E-state index is 0.419. The summed E-state index contributed by atoms with van der Waals surface area (Å²) in [7, 11) is 0. The molecule has 0 spiro atoms. The normalized spacial score (nSPS) is 11.1. The zero-order chi connectivity index (χ0) is 16.5. The second kappa shape index (κ2) is 6.10. The van der Waals surface area contributed by atoms with E-state index in [-0.39, 0.29) is 0 Å². The van der Waals surface area contributed by atoms with Gasteiger partial charge in [0.25, 0.3) is 0 Å². The van der Waals surface area contributed by atoms with Gasteiger partial charge in [-0.15, -0.1) is 0 Å². The van der Waals surface area contributed by atoms with Crippen molar-refractivity contribution < 1.29 is 4.42 Å². The molecule has 24 heavy (non-hydrogen) atoms. The topological polar surface area (TPSA) is 38.9 Å². The third-order valence-corrected chi connectivity index (χ3v) is 4.24. The van der Waals surface area contributed by atoms with Crippen molar-refractivity contribution in [3.05, 3.63) is 82.6 Å². The van der Waals surface area contributed by atoms with Crippen LogP contribution < -0.4 is 0 Å². The molecule has 0 atom stereocenters. The smallest absolute Gasteiger partial charge is 0.246 e. The Morgan fingerprint density at radius 2 is 1.71 bits per heavy atom. The summed E-state index contributed by atoms with van der Waals surface area (Å²) >= 11 is 6.31. The third-order valence-electron chi connectivity index (χ3n) is 3.94. The second-order valence-corrected chi connectivity index (χ2v) is 6.15. The highest BCUT2D eigenvalue weighted by Gasteiger charge is 2.13. The van der Waals surface area contributed by atoms with Crippen molar-refractivity contribution >= 4 is 22.8 Å². The number of halogens is 1. The number of rotatable bonds is 3. The molecule has 0 aliphatic heterocycles. The largest absolute Gasteiger partial charge is 0.436 e. The van der Waals surface area contributed by atoms with Crippen LogP contribution in [0.1, 0.15) is 16.8 Å². The predicted octanol–water partition coefficient (Wildman–Crippen LogP) is 5.44. The van der Waals surface area contributed by atoms with Crippen molar-refractivity contribution in [3.63, 3.8) is 0 Å². The summed E-state index contributed by atoms with van der Waals surface area (Å²) in [5.74, 6) is 0.748. The Kier molecular flexibility index (Phi) is 3.79. The number of aromatic nitrogens is 2. The summed E-state index contributed by atoms with van der Waals surface area (Å²) in [6.07, 6.45) is 0.628. The highest BCUT2D eigenvalue weighted by molar-refractivity contribution is 6.30. The number of aryl methyl sites for hydroxylation is 1. The summed E-state index contributed by atoms with van der Waals surface area (Å²) in [5.41, 5.74) is 5.26. The first-order valence-corrected chi connectivity index (χ1v) is 8.14. The van der Waals surface area contributed by atoms with Crippen molar-refractivity contribution in [2.45, 2.75) is 13.3 Å². The molecule has 0 saturated heterocycles. The van der Waals surface area contributed by atoms with Crippen molar-refractivity contribution in [1.82, 2.24) is 9.97 Å². The van der Waals surface area contributed by atoms with Gasteiger partial charge in [-0.3, -0.25) is 0 Å². The average Bonchev–Trinajstić information content (AvgIpc) is 2.99. The van der Waals surface area contributed by atoms with Crippen molar-refractivity contribution in [2.24, 2.45) is 0 Å². The van der Waals surface area contributed by atoms with Gasteiger partial charge in [0.2, 0.25) is 5.71 Å². The molecular weight excluding hydrogens is 320 g/mol. The fourth-order valence-corrected chi connectivity index (χ4v) is 2.83. The second-order valence-electron chi connectivity index (χ2n) is 5.79. The van der Waals surface area contributed by atoms with Crippen molar-refractivity contribution in [1.29, 1.82) is 0 Å². The highest BCUT2D eigenvalue weighted by atomic mass is 35.5. The van der Waals surface area contributed by atoms with E-state index in [1.165, 1.54) is 5.56 Å². The molecule has 3 nitrogen and oxygen atoms in total. The van der Waals surface area contributed by atoms with Crippen molar-refractivity contribution in [3.8, 4) is 11.3 Å². The van der Waals surface area contributed by atoms with E-state index in [1.54, 1.807) is 0 Å². The molecule has 0 radical (unpaired) electrons. The Bertz CT molecular complexity index is 992. The van der Waals surface area contributed by atoms with Crippen LogP contribution in [0.25, 0.3) is 22.6 Å². The van der Waals surface area contributed by atoms with Gasteiger partial charge in [0.05, 0.1) is 5.69 Å². The molecule has 0 aliphatic rings. The lowest BCUT2D eigenvalue weighted by Gasteiger charge is -2.02. The molecule has 2 heterocycles. The van der Waals surface area contributed by atoms with Gasteiger partial charge in [-0.25, -0.2) is 9.97 Å². The molecule has 4 heteroatoms. The van der Waals surface area contributed by atoms with Gasteiger partial charge in [0, 0.05) is 18.1 Å². The first-order chi connectivity index (χ1) is 11.7. The van der Waals surface area contributed by atoms with Gasteiger partial charge in [-0.05, 0) is 12.5 Å². The lowest BCUT2D eigenvalue weighted by molar-refractivity contribution is 0.615. The van der Waals surface area contributed by atoms with E-state index >= 15 is 0 Å². The van der Waals surface area contributed by atoms with Crippen LogP contribution in [0.4, 0.5) is 0 Å². The molecule has 4 rings (SSSR count). The maximum Gasteiger partial charge on any atom is 0.246 e. The Morgan fingerprint density at radius 1 is 0.958 bits per heavy atom. The summed E-state index contributed by atoms with van der Waals surface area (Å²) in [5, 5.41) is 0.419. The van der Waals surface area contributed by atoms with Gasteiger partial charge in [0.1, 0.15) is 11.3 Å². The Morgan fingerprint density at radius 3 is 2.46 bits per heavy atom. The van der Waals surface area contributed by atoms with Crippen LogP contribution >= 0.6 is 11.6 Å². The Labute approximate surface area is 144 Å². The van der Waals surface area contributed by atoms with Crippen LogP contribution in [0.15, 0.2) is 65.1 Å². The molecule has 2 aromatic carbocycles. The van der Waals surface area contributed by atoms with Gasteiger partial charge in [-0.2, -0.15) is 0 Å². The van der Waals surface area contributed by atoms with Crippen LogP contribution in [0.2, 0.25) is 5.15 Å². The minimum absolute atomic E-state index is 0.419. The molecule has 0 unspecified atom stereocenters. The zero-order valence-electron chi connectivity index (χ0n) is 13.2. The summed E-state index contributed by atoms with van der Waals surface area (Å²) in [6.45, 7) is 2.06. The molecular formula is C20H15ClN2O. The van der Waals surface area contributed by atoms with Crippen molar-refractivity contribution in [2.75, 3.05) is 0 Å². The fraction of sp³-hybridized carbons (Fsp3) is 0.100. The molecule has 0 amide bonds. The predicted molar refractivity (Wildman–Crippen MR) is 96.2 cm³/mol. The molecule has 0 fully saturated rings. The van der Waals surface area contributed by atoms with E-state index in [9.17, 15) is 0 Å². The van der Waals surface area contributed by atoms with Gasteiger partial charge in [0.15, 0.2) is 5.15 Å². The third kappa shape index (κ3) is 2.91. The minimum Gasteiger partial charge on any atom is -0.436 e. The van der Waals surface area contributed by atoms with Crippen LogP contribution in [0.5, 0.6) is 0 Å². The van der Waals surface area contributed by atoms with E-state index < -0.39 is 0 Å². The Hall–Kier alpha value is -2.65. The summed E-state index contributed by atoms with van der Waals surface area (Å²) in [4.78, 5) is 9.02. The SMILES string of the molecule is Cc1ccc(-c2cc3nc(Cl)c(Cc4ccccc4)nc3o2)cc1. The van der Waals surface area contributed by atoms with Crippen LogP contribution in [0, 0.1) is 6.92 Å². The van der Waals surface area contributed by atoms with E-state index in [4.69, 9.17) is 16.0 Å². The molecule has 4 aromatic rings. The maximum atomic E-state index is 6.31. The van der Waals surface area contributed by atoms with E-state index in [0.29, 0.717) is 22.8 Å². The molecule has 0 bridgehead atoms. The van der Waals surface area contributed by atoms with Gasteiger partial charge >= 0.3 is 0 Å². The molecule has 2 aromatic heterocycles. The summed E-state index contributed by atoms with van der Waals surface area (Å²) in [6, 6.07) is 20.1. The Balaban J connectivity index is 1.73. The lowest BCUT2D eigenvalue weighted by Crippen LogP contribution is -1.95. The quantitative estimate of drug-likeness (QED) is 0.500. The molecule has 0 N–H and O–H groups in total. The molecule has 0 aliphatic carbocycles.